The van der Waals surface area contributed by atoms with Crippen LogP contribution in [0.25, 0.3) is 0 Å². The van der Waals surface area contributed by atoms with Crippen LogP contribution in [0.4, 0.5) is 0 Å². The van der Waals surface area contributed by atoms with Gasteiger partial charge in [0.15, 0.2) is 0 Å². The molecule has 0 spiro atoms. The third kappa shape index (κ3) is 4.10. The van der Waals surface area contributed by atoms with E-state index in [1.54, 1.807) is 0 Å². The molecular weight excluding hydrogens is 162 g/mol. The van der Waals surface area contributed by atoms with Crippen molar-refractivity contribution in [3.8, 4) is 0 Å². The van der Waals surface area contributed by atoms with Crippen molar-refractivity contribution in [1.29, 1.82) is 0 Å². The monoisotopic (exact) mass is 184 g/mol. The van der Waals surface area contributed by atoms with Crippen molar-refractivity contribution < 1.29 is 5.11 Å². The first-order valence-corrected chi connectivity index (χ1v) is 5.74. The molecular formula is C11H22NO. The van der Waals surface area contributed by atoms with E-state index in [1.165, 1.54) is 32.1 Å². The van der Waals surface area contributed by atoms with Crippen LogP contribution in [0.15, 0.2) is 0 Å². The Morgan fingerprint density at radius 2 is 1.85 bits per heavy atom. The summed E-state index contributed by atoms with van der Waals surface area (Å²) >= 11 is 0. The summed E-state index contributed by atoms with van der Waals surface area (Å²) in [6, 6.07) is 0. The van der Waals surface area contributed by atoms with E-state index < -0.39 is 6.23 Å². The SMILES string of the molecule is CCCCCC([O])N1CCCCC1. The molecule has 0 saturated carbocycles. The highest BCUT2D eigenvalue weighted by Gasteiger charge is 2.18. The summed E-state index contributed by atoms with van der Waals surface area (Å²) in [4.78, 5) is 2.12. The number of piperidine rings is 1. The maximum atomic E-state index is 11.7. The number of likely N-dealkylation sites (tertiary alicyclic amines) is 1. The Labute approximate surface area is 81.9 Å². The normalized spacial score (nSPS) is 21.7. The number of unbranched alkanes of at least 4 members (excludes halogenated alkanes) is 2. The molecule has 1 radical (unpaired) electrons. The van der Waals surface area contributed by atoms with Gasteiger partial charge in [0.25, 0.3) is 0 Å². The fourth-order valence-corrected chi connectivity index (χ4v) is 1.96. The molecule has 0 N–H and O–H groups in total. The van der Waals surface area contributed by atoms with Crippen molar-refractivity contribution in [3.05, 3.63) is 0 Å². The molecule has 13 heavy (non-hydrogen) atoms. The number of hydrogen-bond acceptors (Lipinski definition) is 1. The highest BCUT2D eigenvalue weighted by molar-refractivity contribution is 4.67. The van der Waals surface area contributed by atoms with E-state index in [9.17, 15) is 5.11 Å². The molecule has 2 nitrogen and oxygen atoms in total. The fraction of sp³-hybridized carbons (Fsp3) is 1.00. The number of hydrogen-bond donors (Lipinski definition) is 0. The quantitative estimate of drug-likeness (QED) is 0.602. The van der Waals surface area contributed by atoms with Gasteiger partial charge in [0.05, 0.1) is 0 Å². The second kappa shape index (κ2) is 6.39. The van der Waals surface area contributed by atoms with Gasteiger partial charge in [-0.2, -0.15) is 0 Å². The van der Waals surface area contributed by atoms with E-state index in [1.807, 2.05) is 0 Å². The summed E-state index contributed by atoms with van der Waals surface area (Å²) in [5, 5.41) is 11.7. The summed E-state index contributed by atoms with van der Waals surface area (Å²) in [7, 11) is 0. The average Bonchev–Trinajstić information content (AvgIpc) is 2.19. The Morgan fingerprint density at radius 1 is 1.15 bits per heavy atom. The first-order valence-electron chi connectivity index (χ1n) is 5.74. The molecule has 0 aromatic rings. The average molecular weight is 184 g/mol. The number of rotatable bonds is 5. The maximum absolute atomic E-state index is 11.7. The molecule has 1 fully saturated rings. The second-order valence-electron chi connectivity index (χ2n) is 4.05. The molecule has 1 heterocycles. The molecule has 1 unspecified atom stereocenters. The zero-order chi connectivity index (χ0) is 9.52. The zero-order valence-corrected chi connectivity index (χ0v) is 8.80. The van der Waals surface area contributed by atoms with Crippen LogP contribution in [0.1, 0.15) is 51.9 Å². The topological polar surface area (TPSA) is 23.1 Å². The Hall–Kier alpha value is -0.0800. The molecule has 1 aliphatic rings. The van der Waals surface area contributed by atoms with Gasteiger partial charge in [0.2, 0.25) is 0 Å². The summed E-state index contributed by atoms with van der Waals surface area (Å²) in [6.45, 7) is 4.27. The van der Waals surface area contributed by atoms with E-state index in [4.69, 9.17) is 0 Å². The van der Waals surface area contributed by atoms with Crippen LogP contribution in [0.2, 0.25) is 0 Å². The molecule has 0 aromatic carbocycles. The van der Waals surface area contributed by atoms with Crippen molar-refractivity contribution in [2.45, 2.75) is 58.1 Å². The van der Waals surface area contributed by atoms with Gasteiger partial charge in [0.1, 0.15) is 6.23 Å². The lowest BCUT2D eigenvalue weighted by atomic mass is 10.1. The Bertz CT molecular complexity index is 121. The van der Waals surface area contributed by atoms with Crippen LogP contribution in [-0.2, 0) is 5.11 Å². The first-order chi connectivity index (χ1) is 6.34. The van der Waals surface area contributed by atoms with Crippen molar-refractivity contribution in [2.75, 3.05) is 13.1 Å². The predicted molar refractivity (Wildman–Crippen MR) is 54.0 cm³/mol. The molecule has 1 saturated heterocycles. The molecule has 77 valence electrons. The van der Waals surface area contributed by atoms with E-state index in [2.05, 4.69) is 11.8 Å². The van der Waals surface area contributed by atoms with E-state index in [0.29, 0.717) is 0 Å². The van der Waals surface area contributed by atoms with E-state index in [0.717, 1.165) is 25.9 Å². The largest absolute Gasteiger partial charge is 0.276 e. The van der Waals surface area contributed by atoms with Crippen LogP contribution < -0.4 is 0 Å². The summed E-state index contributed by atoms with van der Waals surface area (Å²) < 4.78 is 0. The van der Waals surface area contributed by atoms with Crippen LogP contribution >= 0.6 is 0 Å². The Kier molecular flexibility index (Phi) is 5.40. The molecule has 0 bridgehead atoms. The third-order valence-electron chi connectivity index (χ3n) is 2.85. The minimum Gasteiger partial charge on any atom is -0.276 e. The van der Waals surface area contributed by atoms with Crippen molar-refractivity contribution >= 4 is 0 Å². The fourth-order valence-electron chi connectivity index (χ4n) is 1.96. The highest BCUT2D eigenvalue weighted by Crippen LogP contribution is 2.14. The van der Waals surface area contributed by atoms with Gasteiger partial charge in [-0.05, 0) is 25.7 Å². The van der Waals surface area contributed by atoms with Crippen LogP contribution in [0, 0.1) is 0 Å². The van der Waals surface area contributed by atoms with Gasteiger partial charge in [-0.25, -0.2) is 5.11 Å². The van der Waals surface area contributed by atoms with Gasteiger partial charge in [-0.15, -0.1) is 0 Å². The lowest BCUT2D eigenvalue weighted by Gasteiger charge is -2.29. The molecule has 0 aliphatic carbocycles. The van der Waals surface area contributed by atoms with Gasteiger partial charge >= 0.3 is 0 Å². The van der Waals surface area contributed by atoms with Crippen LogP contribution in [0.3, 0.4) is 0 Å². The first kappa shape index (κ1) is 11.0. The molecule has 1 rings (SSSR count). The second-order valence-corrected chi connectivity index (χ2v) is 4.05. The lowest BCUT2D eigenvalue weighted by Crippen LogP contribution is -2.38. The van der Waals surface area contributed by atoms with E-state index in [-0.39, 0.29) is 0 Å². The Morgan fingerprint density at radius 3 is 2.46 bits per heavy atom. The zero-order valence-electron chi connectivity index (χ0n) is 8.80. The third-order valence-corrected chi connectivity index (χ3v) is 2.85. The van der Waals surface area contributed by atoms with Crippen LogP contribution in [-0.4, -0.2) is 24.2 Å². The highest BCUT2D eigenvalue weighted by atomic mass is 16.3. The smallest absolute Gasteiger partial charge is 0.146 e. The van der Waals surface area contributed by atoms with Crippen LogP contribution in [0.5, 0.6) is 0 Å². The molecule has 1 atom stereocenters. The maximum Gasteiger partial charge on any atom is 0.146 e. The number of nitrogens with zero attached hydrogens (tertiary/aromatic N) is 1. The lowest BCUT2D eigenvalue weighted by molar-refractivity contribution is -0.0628. The van der Waals surface area contributed by atoms with Gasteiger partial charge < -0.3 is 0 Å². The van der Waals surface area contributed by atoms with E-state index >= 15 is 0 Å². The van der Waals surface area contributed by atoms with Crippen molar-refractivity contribution in [2.24, 2.45) is 0 Å². The molecule has 2 heteroatoms. The predicted octanol–water partition coefficient (Wildman–Crippen LogP) is 2.81. The summed E-state index contributed by atoms with van der Waals surface area (Å²) in [5.74, 6) is 0. The minimum atomic E-state index is -0.410. The van der Waals surface area contributed by atoms with Gasteiger partial charge in [-0.3, -0.25) is 4.90 Å². The van der Waals surface area contributed by atoms with Crippen molar-refractivity contribution in [1.82, 2.24) is 4.90 Å². The standard InChI is InChI=1S/C11H22NO/c1-2-3-5-8-11(13)12-9-6-4-7-10-12/h11H,2-10H2,1H3. The van der Waals surface area contributed by atoms with Gasteiger partial charge in [-0.1, -0.05) is 26.2 Å². The van der Waals surface area contributed by atoms with Gasteiger partial charge in [0, 0.05) is 13.1 Å². The summed E-state index contributed by atoms with van der Waals surface area (Å²) in [6.07, 6.45) is 7.76. The molecule has 0 amide bonds. The molecule has 1 aliphatic heterocycles. The summed E-state index contributed by atoms with van der Waals surface area (Å²) in [5.41, 5.74) is 0. The minimum absolute atomic E-state index is 0.410. The van der Waals surface area contributed by atoms with Crippen molar-refractivity contribution in [3.63, 3.8) is 0 Å². The molecule has 0 aromatic heterocycles. The Balaban J connectivity index is 2.09.